The maximum Gasteiger partial charge on any atom is 0.283 e. The third kappa shape index (κ3) is 3.44. The van der Waals surface area contributed by atoms with Crippen molar-refractivity contribution in [1.82, 2.24) is 29.5 Å². The number of rotatable bonds is 5. The summed E-state index contributed by atoms with van der Waals surface area (Å²) >= 11 is 5.83. The molecule has 0 aliphatic heterocycles. The van der Waals surface area contributed by atoms with E-state index in [1.807, 2.05) is 0 Å². The molecule has 0 aliphatic carbocycles. The van der Waals surface area contributed by atoms with Gasteiger partial charge in [-0.15, -0.1) is 9.73 Å². The molecule has 9 nitrogen and oxygen atoms in total. The van der Waals surface area contributed by atoms with Crippen molar-refractivity contribution in [3.8, 4) is 0 Å². The molecule has 0 radical (unpaired) electrons. The molecule has 3 heterocycles. The number of benzene rings is 1. The van der Waals surface area contributed by atoms with Gasteiger partial charge in [-0.1, -0.05) is 28.9 Å². The highest BCUT2D eigenvalue weighted by molar-refractivity contribution is 6.30. The van der Waals surface area contributed by atoms with Crippen LogP contribution in [-0.2, 0) is 13.0 Å². The van der Waals surface area contributed by atoms with Crippen LogP contribution < -0.4 is 5.56 Å². The van der Waals surface area contributed by atoms with E-state index < -0.39 is 17.5 Å². The number of hydrogen-bond donors (Lipinski definition) is 1. The fourth-order valence-electron chi connectivity index (χ4n) is 2.57. The van der Waals surface area contributed by atoms with Crippen LogP contribution in [0.1, 0.15) is 23.4 Å². The molecule has 1 N–H and O–H groups in total. The first-order valence-electron chi connectivity index (χ1n) is 7.85. The highest BCUT2D eigenvalue weighted by Crippen LogP contribution is 2.19. The second-order valence-corrected chi connectivity index (χ2v) is 6.21. The minimum Gasteiger partial charge on any atom is -0.388 e. The van der Waals surface area contributed by atoms with E-state index in [2.05, 4.69) is 20.3 Å². The average Bonchev–Trinajstić information content (AvgIpc) is 3.25. The topological polar surface area (TPSA) is 111 Å². The van der Waals surface area contributed by atoms with Crippen LogP contribution in [0.15, 0.2) is 46.1 Å². The van der Waals surface area contributed by atoms with Crippen molar-refractivity contribution in [2.45, 2.75) is 19.1 Å². The molecule has 1 aromatic carbocycles. The second kappa shape index (κ2) is 6.89. The molecular weight excluding hydrogens is 379 g/mol. The Morgan fingerprint density at radius 1 is 1.26 bits per heavy atom. The van der Waals surface area contributed by atoms with Crippen LogP contribution in [0, 0.1) is 5.82 Å². The van der Waals surface area contributed by atoms with Crippen molar-refractivity contribution in [2.75, 3.05) is 0 Å². The average molecular weight is 391 g/mol. The number of fused-ring (bicyclic) bond motifs is 1. The number of nitrogens with zero attached hydrogens (tertiary/aromatic N) is 6. The number of aliphatic hydroxyl groups is 1. The molecule has 138 valence electrons. The first kappa shape index (κ1) is 17.3. The van der Waals surface area contributed by atoms with Gasteiger partial charge in [0.05, 0.1) is 12.3 Å². The van der Waals surface area contributed by atoms with Crippen LogP contribution in [0.4, 0.5) is 4.39 Å². The fourth-order valence-corrected chi connectivity index (χ4v) is 2.69. The van der Waals surface area contributed by atoms with E-state index in [0.717, 1.165) is 15.4 Å². The molecule has 0 bridgehead atoms. The lowest BCUT2D eigenvalue weighted by molar-refractivity contribution is 0.174. The largest absolute Gasteiger partial charge is 0.388 e. The van der Waals surface area contributed by atoms with Crippen molar-refractivity contribution in [1.29, 1.82) is 0 Å². The zero-order valence-electron chi connectivity index (χ0n) is 13.7. The smallest absolute Gasteiger partial charge is 0.283 e. The van der Waals surface area contributed by atoms with Crippen LogP contribution in [0.5, 0.6) is 0 Å². The molecule has 1 atom stereocenters. The Kier molecular flexibility index (Phi) is 4.42. The predicted octanol–water partition coefficient (Wildman–Crippen LogP) is 1.39. The number of hydrogen-bond acceptors (Lipinski definition) is 7. The van der Waals surface area contributed by atoms with Gasteiger partial charge in [-0.2, -0.15) is 10.1 Å². The lowest BCUT2D eigenvalue weighted by Crippen LogP contribution is -2.24. The zero-order valence-corrected chi connectivity index (χ0v) is 14.4. The molecule has 27 heavy (non-hydrogen) atoms. The van der Waals surface area contributed by atoms with Crippen molar-refractivity contribution in [3.63, 3.8) is 0 Å². The Balaban J connectivity index is 1.51. The van der Waals surface area contributed by atoms with Gasteiger partial charge < -0.3 is 9.63 Å². The third-order valence-corrected chi connectivity index (χ3v) is 4.17. The summed E-state index contributed by atoms with van der Waals surface area (Å²) in [6, 6.07) is 6.75. The molecule has 1 unspecified atom stereocenters. The number of aromatic nitrogens is 6. The summed E-state index contributed by atoms with van der Waals surface area (Å²) in [6.45, 7) is -0.0863. The van der Waals surface area contributed by atoms with Crippen molar-refractivity contribution in [3.05, 3.63) is 75.3 Å². The maximum atomic E-state index is 13.6. The summed E-state index contributed by atoms with van der Waals surface area (Å²) < 4.78 is 20.8. The Bertz CT molecular complexity index is 1150. The summed E-state index contributed by atoms with van der Waals surface area (Å²) in [4.78, 5) is 16.4. The SMILES string of the molecule is O=c1c2c(F)cnn2ncn1Cc1nc(CC(O)c2ccc(Cl)cc2)no1. The minimum absolute atomic E-state index is 0.0863. The minimum atomic E-state index is -0.839. The quantitative estimate of drug-likeness (QED) is 0.548. The molecule has 0 aliphatic rings. The van der Waals surface area contributed by atoms with Crippen LogP contribution in [0.2, 0.25) is 5.02 Å². The first-order valence-corrected chi connectivity index (χ1v) is 8.23. The van der Waals surface area contributed by atoms with Gasteiger partial charge in [-0.05, 0) is 17.7 Å². The molecule has 4 rings (SSSR count). The van der Waals surface area contributed by atoms with Crippen LogP contribution in [0.3, 0.4) is 0 Å². The number of halogens is 2. The van der Waals surface area contributed by atoms with Gasteiger partial charge in [0.25, 0.3) is 5.56 Å². The monoisotopic (exact) mass is 390 g/mol. The maximum absolute atomic E-state index is 13.6. The van der Waals surface area contributed by atoms with Gasteiger partial charge >= 0.3 is 0 Å². The van der Waals surface area contributed by atoms with Crippen LogP contribution in [-0.4, -0.2) is 34.6 Å². The molecule has 0 spiro atoms. The Morgan fingerprint density at radius 2 is 2.04 bits per heavy atom. The highest BCUT2D eigenvalue weighted by Gasteiger charge is 2.16. The standard InChI is InChI=1S/C16H12ClFN6O3/c17-10-3-1-9(2-4-10)12(25)5-13-21-14(27-22-13)7-23-8-20-24-15(16(23)26)11(18)6-19-24/h1-4,6,8,12,25H,5,7H2. The van der Waals surface area contributed by atoms with Crippen molar-refractivity contribution in [2.24, 2.45) is 0 Å². The lowest BCUT2D eigenvalue weighted by Gasteiger charge is -2.08. The molecule has 0 saturated heterocycles. The molecule has 4 aromatic rings. The normalized spacial score (nSPS) is 12.6. The third-order valence-electron chi connectivity index (χ3n) is 3.92. The van der Waals surface area contributed by atoms with Crippen LogP contribution >= 0.6 is 11.6 Å². The van der Waals surface area contributed by atoms with Gasteiger partial charge in [-0.25, -0.2) is 4.39 Å². The fraction of sp³-hybridized carbons (Fsp3) is 0.188. The van der Waals surface area contributed by atoms with Crippen LogP contribution in [0.25, 0.3) is 5.52 Å². The van der Waals surface area contributed by atoms with E-state index in [0.29, 0.717) is 10.6 Å². The summed E-state index contributed by atoms with van der Waals surface area (Å²) in [5.41, 5.74) is -0.232. The summed E-state index contributed by atoms with van der Waals surface area (Å²) in [5, 5.41) is 22.1. The molecule has 0 saturated carbocycles. The Morgan fingerprint density at radius 3 is 2.81 bits per heavy atom. The van der Waals surface area contributed by atoms with E-state index in [9.17, 15) is 14.3 Å². The van der Waals surface area contributed by atoms with Gasteiger partial charge in [-0.3, -0.25) is 9.36 Å². The van der Waals surface area contributed by atoms with Gasteiger partial charge in [0, 0.05) is 11.4 Å². The van der Waals surface area contributed by atoms with Gasteiger partial charge in [0.15, 0.2) is 17.2 Å². The molecule has 3 aromatic heterocycles. The Hall–Kier alpha value is -3.11. The Labute approximate surface area is 155 Å². The lowest BCUT2D eigenvalue weighted by atomic mass is 10.1. The van der Waals surface area contributed by atoms with E-state index in [-0.39, 0.29) is 30.2 Å². The first-order chi connectivity index (χ1) is 13.0. The molecule has 0 fully saturated rings. The molecular formula is C16H12ClFN6O3. The number of aliphatic hydroxyl groups excluding tert-OH is 1. The van der Waals surface area contributed by atoms with E-state index >= 15 is 0 Å². The van der Waals surface area contributed by atoms with E-state index in [1.54, 1.807) is 24.3 Å². The zero-order chi connectivity index (χ0) is 19.0. The molecule has 0 amide bonds. The summed E-state index contributed by atoms with van der Waals surface area (Å²) in [7, 11) is 0. The van der Waals surface area contributed by atoms with Crippen molar-refractivity contribution < 1.29 is 14.0 Å². The van der Waals surface area contributed by atoms with Gasteiger partial charge in [0.1, 0.15) is 12.9 Å². The highest BCUT2D eigenvalue weighted by atomic mass is 35.5. The summed E-state index contributed by atoms with van der Waals surface area (Å²) in [6.07, 6.45) is 1.40. The molecule has 11 heteroatoms. The second-order valence-electron chi connectivity index (χ2n) is 5.77. The predicted molar refractivity (Wildman–Crippen MR) is 90.7 cm³/mol. The van der Waals surface area contributed by atoms with E-state index in [4.69, 9.17) is 16.1 Å². The summed E-state index contributed by atoms with van der Waals surface area (Å²) in [5.74, 6) is -0.370. The van der Waals surface area contributed by atoms with Crippen molar-refractivity contribution >= 4 is 17.1 Å². The van der Waals surface area contributed by atoms with Gasteiger partial charge in [0.2, 0.25) is 5.89 Å². The van der Waals surface area contributed by atoms with E-state index in [1.165, 1.54) is 6.33 Å².